The number of ether oxygens (including phenoxy) is 2. The molecule has 0 saturated heterocycles. The van der Waals surface area contributed by atoms with Gasteiger partial charge >= 0.3 is 0 Å². The second kappa shape index (κ2) is 27.2. The highest BCUT2D eigenvalue weighted by molar-refractivity contribution is 6.31. The summed E-state index contributed by atoms with van der Waals surface area (Å²) in [5.41, 5.74) is 5.51. The molecule has 13 heteroatoms. The molecule has 5 heterocycles. The van der Waals surface area contributed by atoms with Crippen molar-refractivity contribution in [2.24, 2.45) is 10.8 Å². The number of halogens is 3. The smallest absolute Gasteiger partial charge is 0.227 e. The van der Waals surface area contributed by atoms with Crippen molar-refractivity contribution in [3.8, 4) is 34.5 Å². The largest absolute Gasteiger partial charge is 1.00 e. The van der Waals surface area contributed by atoms with E-state index in [2.05, 4.69) is 21.8 Å². The van der Waals surface area contributed by atoms with Crippen LogP contribution in [0.1, 0.15) is 95.3 Å². The van der Waals surface area contributed by atoms with Crippen molar-refractivity contribution < 1.29 is 50.2 Å². The minimum atomic E-state index is -0.684. The van der Waals surface area contributed by atoms with Crippen molar-refractivity contribution in [1.29, 1.82) is 0 Å². The minimum Gasteiger partial charge on any atom is -1.00 e. The fourth-order valence-corrected chi connectivity index (χ4v) is 7.69. The standard InChI is InChI=1S/C32H27ClN2O3.C19H16ClN2O2.C13H14O.BrH/c1-32(2,3)31(37)28-26-19-25(38-20-24-11-7-8-17-34-24)16-18-35(26)29(27(28)21-9-5-4-6-10-21)30(36)22-12-14-23(33)15-13-22;20-16-6-4-15(5-7-16)19(23)13-22-11-8-18(9-12-22)24-14-17-3-1-2-10-21-17;1-13(2,3)12(14)10-9-11-7-5-4-6-8-11;/h4-19H,20H2,1-3H3;1-12H,13-14H2;4-8H,1-3H3;1H/q;+1;;/p-1. The van der Waals surface area contributed by atoms with Crippen LogP contribution >= 0.6 is 23.2 Å². The van der Waals surface area contributed by atoms with Crippen LogP contribution in [0.25, 0.3) is 16.6 Å². The van der Waals surface area contributed by atoms with Crippen LogP contribution in [0.5, 0.6) is 11.5 Å². The number of nitrogens with zero attached hydrogens (tertiary/aromatic N) is 4. The molecule has 0 aliphatic rings. The topological polar surface area (TPSA) is 121 Å². The Balaban J connectivity index is 0.000000210. The van der Waals surface area contributed by atoms with Crippen LogP contribution in [0.4, 0.5) is 0 Å². The van der Waals surface area contributed by atoms with Crippen molar-refractivity contribution in [1.82, 2.24) is 14.4 Å². The molecular formula is C64H57BrCl2N4O6. The second-order valence-corrected chi connectivity index (χ2v) is 20.4. The Morgan fingerprint density at radius 1 is 0.597 bits per heavy atom. The van der Waals surface area contributed by atoms with Crippen LogP contribution in [-0.4, -0.2) is 37.5 Å². The molecule has 9 aromatic rings. The lowest BCUT2D eigenvalue weighted by Gasteiger charge is -2.18. The van der Waals surface area contributed by atoms with Gasteiger partial charge in [-0.15, -0.1) is 0 Å². The number of rotatable bonds is 13. The number of hydrogen-bond donors (Lipinski definition) is 0. The summed E-state index contributed by atoms with van der Waals surface area (Å²) in [5.74, 6) is 6.54. The van der Waals surface area contributed by atoms with Gasteiger partial charge in [0.25, 0.3) is 0 Å². The van der Waals surface area contributed by atoms with Crippen LogP contribution in [-0.2, 0) is 24.6 Å². The predicted octanol–water partition coefficient (Wildman–Crippen LogP) is 10.8. The number of benzene rings is 4. The molecule has 5 aromatic heterocycles. The van der Waals surface area contributed by atoms with E-state index in [1.807, 2.05) is 174 Å². The Kier molecular flexibility index (Phi) is 20.5. The molecule has 9 rings (SSSR count). The molecule has 390 valence electrons. The predicted molar refractivity (Wildman–Crippen MR) is 299 cm³/mol. The van der Waals surface area contributed by atoms with E-state index in [0.717, 1.165) is 28.3 Å². The van der Waals surface area contributed by atoms with Gasteiger partial charge in [-0.25, -0.2) is 0 Å². The quantitative estimate of drug-likeness (QED) is 0.0636. The Hall–Kier alpha value is -8.01. The van der Waals surface area contributed by atoms with Crippen LogP contribution in [0, 0.1) is 22.7 Å². The molecule has 0 radical (unpaired) electrons. The molecule has 0 N–H and O–H groups in total. The van der Waals surface area contributed by atoms with Gasteiger partial charge in [0.05, 0.1) is 22.5 Å². The maximum absolute atomic E-state index is 14.0. The van der Waals surface area contributed by atoms with Crippen LogP contribution in [0.3, 0.4) is 0 Å². The zero-order valence-corrected chi connectivity index (χ0v) is 46.6. The minimum absolute atomic E-state index is 0. The molecule has 10 nitrogen and oxygen atoms in total. The molecule has 0 spiro atoms. The molecule has 0 aliphatic heterocycles. The normalized spacial score (nSPS) is 10.8. The Labute approximate surface area is 470 Å². The lowest BCUT2D eigenvalue weighted by atomic mass is 9.83. The van der Waals surface area contributed by atoms with Crippen molar-refractivity contribution in [3.05, 3.63) is 250 Å². The molecule has 4 aromatic carbocycles. The maximum Gasteiger partial charge on any atom is 0.227 e. The van der Waals surface area contributed by atoms with E-state index in [1.54, 1.807) is 77.6 Å². The summed E-state index contributed by atoms with van der Waals surface area (Å²) in [6.07, 6.45) is 8.89. The SMILES string of the molecule is CC(C)(C)C(=O)C#Cc1ccccc1.CC(C)(C)C(=O)c1c(-c2ccccc2)c(C(=O)c2ccc(Cl)cc2)n2ccc(OCc3ccccn3)cc12.O=C(C[n+]1ccc(OCc2ccccn2)cc1)c1ccc(Cl)cc1.[Br-]. The van der Waals surface area contributed by atoms with Gasteiger partial charge in [-0.3, -0.25) is 29.1 Å². The van der Waals surface area contributed by atoms with Gasteiger partial charge in [-0.2, -0.15) is 4.57 Å². The number of carbonyl (C=O) groups excluding carboxylic acids is 4. The number of aromatic nitrogens is 4. The van der Waals surface area contributed by atoms with Gasteiger partial charge in [0.15, 0.2) is 18.2 Å². The first-order valence-corrected chi connectivity index (χ1v) is 25.2. The number of pyridine rings is 4. The third-order valence-electron chi connectivity index (χ3n) is 11.6. The van der Waals surface area contributed by atoms with E-state index in [0.29, 0.717) is 55.9 Å². The Bertz CT molecular complexity index is 3480. The van der Waals surface area contributed by atoms with E-state index in [4.69, 9.17) is 32.7 Å². The van der Waals surface area contributed by atoms with Crippen LogP contribution < -0.4 is 31.0 Å². The van der Waals surface area contributed by atoms with E-state index in [9.17, 15) is 19.2 Å². The molecule has 77 heavy (non-hydrogen) atoms. The molecule has 0 fully saturated rings. The number of ketones is 4. The molecule has 0 amide bonds. The highest BCUT2D eigenvalue weighted by Crippen LogP contribution is 2.39. The first kappa shape index (κ1) is 58.3. The molecule has 0 bridgehead atoms. The average Bonchev–Trinajstić information content (AvgIpc) is 3.78. The fourth-order valence-electron chi connectivity index (χ4n) is 7.43. The van der Waals surface area contributed by atoms with E-state index < -0.39 is 5.41 Å². The summed E-state index contributed by atoms with van der Waals surface area (Å²) in [4.78, 5) is 60.2. The Morgan fingerprint density at radius 3 is 1.64 bits per heavy atom. The van der Waals surface area contributed by atoms with Crippen LogP contribution in [0.2, 0.25) is 10.0 Å². The first-order chi connectivity index (χ1) is 36.4. The summed E-state index contributed by atoms with van der Waals surface area (Å²) >= 11 is 11.9. The third kappa shape index (κ3) is 16.5. The zero-order valence-electron chi connectivity index (χ0n) is 43.5. The monoisotopic (exact) mass is 1130 g/mol. The van der Waals surface area contributed by atoms with Gasteiger partial charge < -0.3 is 30.9 Å². The van der Waals surface area contributed by atoms with E-state index >= 15 is 0 Å². The van der Waals surface area contributed by atoms with Crippen LogP contribution in [0.15, 0.2) is 201 Å². The highest BCUT2D eigenvalue weighted by Gasteiger charge is 2.34. The van der Waals surface area contributed by atoms with Gasteiger partial charge in [-0.05, 0) is 102 Å². The summed E-state index contributed by atoms with van der Waals surface area (Å²) in [5, 5.41) is 1.16. The van der Waals surface area contributed by atoms with Gasteiger partial charge in [-0.1, -0.05) is 131 Å². The molecule has 0 atom stereocenters. The molecule has 0 unspecified atom stereocenters. The summed E-state index contributed by atoms with van der Waals surface area (Å²) < 4.78 is 15.3. The number of hydrogen-bond acceptors (Lipinski definition) is 8. The fraction of sp³-hybridized carbons (Fsp3) is 0.172. The summed E-state index contributed by atoms with van der Waals surface area (Å²) in [6.45, 7) is 12.2. The average molecular weight is 1130 g/mol. The lowest BCUT2D eigenvalue weighted by Crippen LogP contribution is -3.00. The first-order valence-electron chi connectivity index (χ1n) is 24.5. The summed E-state index contributed by atoms with van der Waals surface area (Å²) in [7, 11) is 0. The van der Waals surface area contributed by atoms with Crippen molar-refractivity contribution in [3.63, 3.8) is 0 Å². The number of fused-ring (bicyclic) bond motifs is 1. The summed E-state index contributed by atoms with van der Waals surface area (Å²) in [6, 6.07) is 51.4. The zero-order chi connectivity index (χ0) is 54.2. The second-order valence-electron chi connectivity index (χ2n) is 19.5. The van der Waals surface area contributed by atoms with Gasteiger partial charge in [0, 0.05) is 79.9 Å². The van der Waals surface area contributed by atoms with Crippen molar-refractivity contribution >= 4 is 51.9 Å². The Morgan fingerprint density at radius 2 is 1.12 bits per heavy atom. The van der Waals surface area contributed by atoms with E-state index in [-0.39, 0.29) is 58.7 Å². The third-order valence-corrected chi connectivity index (χ3v) is 12.1. The number of carbonyl (C=O) groups is 4. The van der Waals surface area contributed by atoms with Crippen molar-refractivity contribution in [2.45, 2.75) is 61.3 Å². The molecule has 0 aliphatic carbocycles. The van der Waals surface area contributed by atoms with Crippen molar-refractivity contribution in [2.75, 3.05) is 0 Å². The molecular weight excluding hydrogens is 1070 g/mol. The number of Topliss-reactive ketones (excluding diaryl/α,β-unsaturated/α-hetero) is 3. The lowest BCUT2D eigenvalue weighted by molar-refractivity contribution is -0.683. The van der Waals surface area contributed by atoms with Gasteiger partial charge in [0.2, 0.25) is 23.9 Å². The van der Waals surface area contributed by atoms with E-state index in [1.165, 1.54) is 0 Å². The van der Waals surface area contributed by atoms with Gasteiger partial charge in [0.1, 0.15) is 30.4 Å². The maximum atomic E-state index is 14.0. The highest BCUT2D eigenvalue weighted by atomic mass is 79.9. The molecule has 0 saturated carbocycles.